The molecule has 0 amide bonds. The summed E-state index contributed by atoms with van der Waals surface area (Å²) in [6.07, 6.45) is 2.38. The van der Waals surface area contributed by atoms with Crippen LogP contribution in [0.25, 0.3) is 0 Å². The van der Waals surface area contributed by atoms with E-state index in [1.165, 1.54) is 18.4 Å². The van der Waals surface area contributed by atoms with Gasteiger partial charge in [0.15, 0.2) is 4.77 Å². The van der Waals surface area contributed by atoms with E-state index in [-0.39, 0.29) is 0 Å². The maximum absolute atomic E-state index is 5.89. The van der Waals surface area contributed by atoms with Gasteiger partial charge in [-0.05, 0) is 42.8 Å². The fourth-order valence-electron chi connectivity index (χ4n) is 2.16. The SMILES string of the molecule is CN(Cc1ccc(Cl)cc1)c1n[nH]c(=S)n1C1CC1. The lowest BCUT2D eigenvalue weighted by Gasteiger charge is -2.18. The van der Waals surface area contributed by atoms with Gasteiger partial charge in [-0.1, -0.05) is 23.7 Å². The number of nitrogens with one attached hydrogen (secondary N) is 1. The Bertz CT molecular complexity index is 627. The third kappa shape index (κ3) is 2.67. The Morgan fingerprint density at radius 3 is 2.74 bits per heavy atom. The molecule has 1 heterocycles. The first-order valence-electron chi connectivity index (χ1n) is 6.27. The van der Waals surface area contributed by atoms with E-state index in [1.807, 2.05) is 31.3 Å². The Labute approximate surface area is 122 Å². The number of benzene rings is 1. The highest BCUT2D eigenvalue weighted by Crippen LogP contribution is 2.37. The molecule has 0 bridgehead atoms. The zero-order chi connectivity index (χ0) is 13.4. The molecule has 1 aliphatic rings. The largest absolute Gasteiger partial charge is 0.340 e. The van der Waals surface area contributed by atoms with Crippen LogP contribution in [0, 0.1) is 4.77 Å². The van der Waals surface area contributed by atoms with Gasteiger partial charge in [-0.15, -0.1) is 5.10 Å². The molecule has 0 spiro atoms. The molecule has 1 aromatic heterocycles. The Kier molecular flexibility index (Phi) is 3.33. The zero-order valence-corrected chi connectivity index (χ0v) is 12.2. The van der Waals surface area contributed by atoms with Gasteiger partial charge in [0.05, 0.1) is 0 Å². The normalized spacial score (nSPS) is 14.6. The van der Waals surface area contributed by atoms with Crippen molar-refractivity contribution < 1.29 is 0 Å². The Morgan fingerprint density at radius 1 is 1.42 bits per heavy atom. The van der Waals surface area contributed by atoms with Gasteiger partial charge in [-0.25, -0.2) is 5.10 Å². The summed E-state index contributed by atoms with van der Waals surface area (Å²) in [5, 5.41) is 7.98. The van der Waals surface area contributed by atoms with Crippen molar-refractivity contribution in [2.45, 2.75) is 25.4 Å². The molecule has 0 aliphatic heterocycles. The minimum Gasteiger partial charge on any atom is -0.340 e. The maximum Gasteiger partial charge on any atom is 0.226 e. The summed E-state index contributed by atoms with van der Waals surface area (Å²) in [5.74, 6) is 0.905. The smallest absolute Gasteiger partial charge is 0.226 e. The third-order valence-electron chi connectivity index (χ3n) is 3.27. The van der Waals surface area contributed by atoms with Crippen LogP contribution >= 0.6 is 23.8 Å². The first-order valence-corrected chi connectivity index (χ1v) is 7.06. The molecule has 1 fully saturated rings. The highest BCUT2D eigenvalue weighted by Gasteiger charge is 2.28. The van der Waals surface area contributed by atoms with Crippen LogP contribution in [0.4, 0.5) is 5.95 Å². The van der Waals surface area contributed by atoms with Gasteiger partial charge in [0.25, 0.3) is 0 Å². The van der Waals surface area contributed by atoms with Crippen LogP contribution in [0.15, 0.2) is 24.3 Å². The molecule has 1 aromatic carbocycles. The van der Waals surface area contributed by atoms with E-state index in [0.29, 0.717) is 10.8 Å². The minimum absolute atomic E-state index is 0.522. The van der Waals surface area contributed by atoms with E-state index in [9.17, 15) is 0 Å². The topological polar surface area (TPSA) is 36.9 Å². The van der Waals surface area contributed by atoms with Crippen LogP contribution in [0.2, 0.25) is 5.02 Å². The molecule has 0 radical (unpaired) electrons. The summed E-state index contributed by atoms with van der Waals surface area (Å²) in [4.78, 5) is 2.11. The summed E-state index contributed by atoms with van der Waals surface area (Å²) >= 11 is 11.2. The molecule has 1 aliphatic carbocycles. The highest BCUT2D eigenvalue weighted by atomic mass is 35.5. The summed E-state index contributed by atoms with van der Waals surface area (Å²) < 4.78 is 2.83. The molecule has 0 atom stereocenters. The van der Waals surface area contributed by atoms with Gasteiger partial charge in [-0.3, -0.25) is 4.57 Å². The molecule has 1 N–H and O–H groups in total. The number of H-pyrrole nitrogens is 1. The molecule has 4 nitrogen and oxygen atoms in total. The first-order chi connectivity index (χ1) is 9.15. The Morgan fingerprint density at radius 2 is 2.11 bits per heavy atom. The molecule has 6 heteroatoms. The van der Waals surface area contributed by atoms with E-state index in [4.69, 9.17) is 23.8 Å². The lowest BCUT2D eigenvalue weighted by Crippen LogP contribution is -2.20. The predicted molar refractivity (Wildman–Crippen MR) is 79.2 cm³/mol. The van der Waals surface area contributed by atoms with Gasteiger partial charge in [0, 0.05) is 24.7 Å². The van der Waals surface area contributed by atoms with E-state index in [2.05, 4.69) is 19.7 Å². The van der Waals surface area contributed by atoms with Gasteiger partial charge in [0.1, 0.15) is 0 Å². The molecular formula is C13H15ClN4S. The maximum atomic E-state index is 5.89. The molecular weight excluding hydrogens is 280 g/mol. The molecule has 2 aromatic rings. The van der Waals surface area contributed by atoms with Crippen LogP contribution in [-0.2, 0) is 6.54 Å². The number of anilines is 1. The number of nitrogens with zero attached hydrogens (tertiary/aromatic N) is 3. The van der Waals surface area contributed by atoms with E-state index in [0.717, 1.165) is 17.5 Å². The fourth-order valence-corrected chi connectivity index (χ4v) is 2.56. The van der Waals surface area contributed by atoms with Crippen molar-refractivity contribution in [3.63, 3.8) is 0 Å². The second-order valence-corrected chi connectivity index (χ2v) is 5.74. The van der Waals surface area contributed by atoms with Crippen LogP contribution < -0.4 is 4.90 Å². The summed E-state index contributed by atoms with van der Waals surface area (Å²) in [6, 6.07) is 8.39. The predicted octanol–water partition coefficient (Wildman–Crippen LogP) is 3.57. The van der Waals surface area contributed by atoms with Gasteiger partial charge in [-0.2, -0.15) is 0 Å². The van der Waals surface area contributed by atoms with Crippen LogP contribution in [0.5, 0.6) is 0 Å². The van der Waals surface area contributed by atoms with Crippen LogP contribution in [-0.4, -0.2) is 21.8 Å². The first kappa shape index (κ1) is 12.7. The van der Waals surface area contributed by atoms with Crippen LogP contribution in [0.1, 0.15) is 24.4 Å². The second kappa shape index (κ2) is 4.98. The molecule has 3 rings (SSSR count). The number of aromatic amines is 1. The number of hydrogen-bond acceptors (Lipinski definition) is 3. The standard InChI is InChI=1S/C13H15ClN4S/c1-17(8-9-2-4-10(14)5-3-9)12-15-16-13(19)18(12)11-6-7-11/h2-5,11H,6-8H2,1H3,(H,16,19). The lowest BCUT2D eigenvalue weighted by atomic mass is 10.2. The van der Waals surface area contributed by atoms with Crippen molar-refractivity contribution in [3.8, 4) is 0 Å². The van der Waals surface area contributed by atoms with Crippen molar-refractivity contribution in [1.29, 1.82) is 0 Å². The van der Waals surface area contributed by atoms with Crippen molar-refractivity contribution in [2.24, 2.45) is 0 Å². The molecule has 1 saturated carbocycles. The van der Waals surface area contributed by atoms with Crippen molar-refractivity contribution >= 4 is 29.8 Å². The van der Waals surface area contributed by atoms with E-state index in [1.54, 1.807) is 0 Å². The van der Waals surface area contributed by atoms with Crippen LogP contribution in [0.3, 0.4) is 0 Å². The second-order valence-electron chi connectivity index (χ2n) is 4.91. The number of halogens is 1. The number of rotatable bonds is 4. The lowest BCUT2D eigenvalue weighted by molar-refractivity contribution is 0.700. The van der Waals surface area contributed by atoms with E-state index < -0.39 is 0 Å². The number of hydrogen-bond donors (Lipinski definition) is 1. The Hall–Kier alpha value is -1.33. The minimum atomic E-state index is 0.522. The summed E-state index contributed by atoms with van der Waals surface area (Å²) in [6.45, 7) is 0.781. The van der Waals surface area contributed by atoms with E-state index >= 15 is 0 Å². The zero-order valence-electron chi connectivity index (χ0n) is 10.6. The van der Waals surface area contributed by atoms with Crippen molar-refractivity contribution in [1.82, 2.24) is 14.8 Å². The summed E-state index contributed by atoms with van der Waals surface area (Å²) in [5.41, 5.74) is 1.20. The monoisotopic (exact) mass is 294 g/mol. The van der Waals surface area contributed by atoms with Gasteiger partial charge < -0.3 is 4.90 Å². The van der Waals surface area contributed by atoms with Gasteiger partial charge in [0.2, 0.25) is 5.95 Å². The molecule has 0 saturated heterocycles. The van der Waals surface area contributed by atoms with Crippen molar-refractivity contribution in [3.05, 3.63) is 39.6 Å². The average molecular weight is 295 g/mol. The molecule has 100 valence electrons. The quantitative estimate of drug-likeness (QED) is 0.876. The average Bonchev–Trinajstić information content (AvgIpc) is 3.15. The summed E-state index contributed by atoms with van der Waals surface area (Å²) in [7, 11) is 2.03. The number of aromatic nitrogens is 3. The van der Waals surface area contributed by atoms with Gasteiger partial charge >= 0.3 is 0 Å². The third-order valence-corrected chi connectivity index (χ3v) is 3.81. The van der Waals surface area contributed by atoms with Crippen molar-refractivity contribution in [2.75, 3.05) is 11.9 Å². The fraction of sp³-hybridized carbons (Fsp3) is 0.385. The molecule has 19 heavy (non-hydrogen) atoms. The highest BCUT2D eigenvalue weighted by molar-refractivity contribution is 7.71. The molecule has 0 unspecified atom stereocenters. The Balaban J connectivity index is 1.82.